The first kappa shape index (κ1) is 26.7. The van der Waals surface area contributed by atoms with Crippen LogP contribution in [-0.2, 0) is 22.3 Å². The van der Waals surface area contributed by atoms with Crippen molar-refractivity contribution < 1.29 is 13.2 Å². The number of anilines is 1. The van der Waals surface area contributed by atoms with Crippen molar-refractivity contribution in [2.75, 3.05) is 22.9 Å². The zero-order chi connectivity index (χ0) is 24.7. The molecule has 180 valence electrons. The molecule has 3 rings (SSSR count). The van der Waals surface area contributed by atoms with Gasteiger partial charge in [0.1, 0.15) is 0 Å². The Balaban J connectivity index is 1.55. The van der Waals surface area contributed by atoms with Crippen LogP contribution in [0.2, 0.25) is 15.1 Å². The summed E-state index contributed by atoms with van der Waals surface area (Å²) in [5.74, 6) is 1.26. The molecule has 3 aromatic rings. The van der Waals surface area contributed by atoms with E-state index in [1.165, 1.54) is 4.31 Å². The van der Waals surface area contributed by atoms with Crippen molar-refractivity contribution in [1.29, 1.82) is 0 Å². The number of nitrogens with zero attached hydrogens (tertiary/aromatic N) is 1. The normalized spacial score (nSPS) is 11.3. The fraction of sp³-hybridized carbons (Fsp3) is 0.208. The molecule has 34 heavy (non-hydrogen) atoms. The average Bonchev–Trinajstić information content (AvgIpc) is 2.80. The van der Waals surface area contributed by atoms with Crippen LogP contribution in [0.5, 0.6) is 0 Å². The number of amides is 1. The largest absolute Gasteiger partial charge is 0.351 e. The van der Waals surface area contributed by atoms with Gasteiger partial charge in [0.25, 0.3) is 5.91 Å². The van der Waals surface area contributed by atoms with Crippen LogP contribution in [0.1, 0.15) is 21.5 Å². The number of halogens is 3. The first-order valence-corrected chi connectivity index (χ1v) is 14.4. The topological polar surface area (TPSA) is 66.5 Å². The third kappa shape index (κ3) is 7.55. The monoisotopic (exact) mass is 556 g/mol. The van der Waals surface area contributed by atoms with Gasteiger partial charge < -0.3 is 5.32 Å². The Hall–Kier alpha value is -1.90. The molecule has 0 aliphatic heterocycles. The summed E-state index contributed by atoms with van der Waals surface area (Å²) >= 11 is 19.8. The van der Waals surface area contributed by atoms with Gasteiger partial charge in [0.2, 0.25) is 10.0 Å². The zero-order valence-electron chi connectivity index (χ0n) is 18.3. The number of hydrogen-bond acceptors (Lipinski definition) is 4. The number of nitrogens with one attached hydrogen (secondary N) is 1. The van der Waals surface area contributed by atoms with Crippen LogP contribution in [-0.4, -0.2) is 32.9 Å². The number of hydrogen-bond donors (Lipinski definition) is 1. The Kier molecular flexibility index (Phi) is 9.56. The Morgan fingerprint density at radius 2 is 1.65 bits per heavy atom. The lowest BCUT2D eigenvalue weighted by Gasteiger charge is -2.23. The van der Waals surface area contributed by atoms with E-state index in [1.807, 2.05) is 12.1 Å². The smallest absolute Gasteiger partial charge is 0.251 e. The maximum absolute atomic E-state index is 12.5. The number of rotatable bonds is 10. The summed E-state index contributed by atoms with van der Waals surface area (Å²) in [4.78, 5) is 12.5. The van der Waals surface area contributed by atoms with Gasteiger partial charge in [-0.15, -0.1) is 0 Å². The highest BCUT2D eigenvalue weighted by Gasteiger charge is 2.19. The lowest BCUT2D eigenvalue weighted by Crippen LogP contribution is -2.29. The second-order valence-electron chi connectivity index (χ2n) is 7.46. The Morgan fingerprint density at radius 3 is 2.29 bits per heavy atom. The molecule has 1 amide bonds. The van der Waals surface area contributed by atoms with E-state index in [4.69, 9.17) is 34.8 Å². The van der Waals surface area contributed by atoms with Crippen LogP contribution in [0.3, 0.4) is 0 Å². The quantitative estimate of drug-likeness (QED) is 0.298. The van der Waals surface area contributed by atoms with Crippen LogP contribution >= 0.6 is 46.6 Å². The molecule has 3 aromatic carbocycles. The predicted molar refractivity (Wildman–Crippen MR) is 144 cm³/mol. The van der Waals surface area contributed by atoms with Crippen molar-refractivity contribution in [2.24, 2.45) is 0 Å². The Labute approximate surface area is 219 Å². The standard InChI is InChI=1S/C24H23Cl3N2O3S2/c1-34(31,32)29(15-19-4-2-3-5-21(19)25)20-9-7-18(8-10-20)24(30)28-12-13-33-16-17-6-11-22(26)23(27)14-17/h2-11,14H,12-13,15-16H2,1H3,(H,28,30). The number of carbonyl (C=O) groups is 1. The van der Waals surface area contributed by atoms with Crippen molar-refractivity contribution in [3.8, 4) is 0 Å². The van der Waals surface area contributed by atoms with E-state index in [0.29, 0.717) is 38.4 Å². The molecule has 0 fully saturated rings. The molecule has 0 atom stereocenters. The second kappa shape index (κ2) is 12.2. The lowest BCUT2D eigenvalue weighted by atomic mass is 10.1. The van der Waals surface area contributed by atoms with E-state index in [-0.39, 0.29) is 12.5 Å². The molecule has 0 radical (unpaired) electrons. The third-order valence-corrected chi connectivity index (χ3v) is 8.15. The predicted octanol–water partition coefficient (Wildman–Crippen LogP) is 6.28. The minimum atomic E-state index is -3.56. The number of benzene rings is 3. The second-order valence-corrected chi connectivity index (χ2v) is 11.7. The first-order chi connectivity index (χ1) is 16.1. The van der Waals surface area contributed by atoms with Gasteiger partial charge >= 0.3 is 0 Å². The summed E-state index contributed by atoms with van der Waals surface area (Å²) in [7, 11) is -3.56. The lowest BCUT2D eigenvalue weighted by molar-refractivity contribution is 0.0956. The van der Waals surface area contributed by atoms with Crippen molar-refractivity contribution >= 4 is 68.2 Å². The van der Waals surface area contributed by atoms with Gasteiger partial charge in [-0.3, -0.25) is 9.10 Å². The maximum Gasteiger partial charge on any atom is 0.251 e. The summed E-state index contributed by atoms with van der Waals surface area (Å²) in [5.41, 5.74) is 2.66. The molecule has 0 spiro atoms. The van der Waals surface area contributed by atoms with E-state index in [1.54, 1.807) is 66.4 Å². The number of carbonyl (C=O) groups excluding carboxylic acids is 1. The van der Waals surface area contributed by atoms with E-state index in [9.17, 15) is 13.2 Å². The van der Waals surface area contributed by atoms with Crippen molar-refractivity contribution in [3.63, 3.8) is 0 Å². The van der Waals surface area contributed by atoms with E-state index in [2.05, 4.69) is 5.32 Å². The fourth-order valence-corrected chi connectivity index (χ4v) is 5.32. The van der Waals surface area contributed by atoms with Gasteiger partial charge in [0.15, 0.2) is 0 Å². The SMILES string of the molecule is CS(=O)(=O)N(Cc1ccccc1Cl)c1ccc(C(=O)NCCSCc2ccc(Cl)c(Cl)c2)cc1. The summed E-state index contributed by atoms with van der Waals surface area (Å²) in [5, 5.41) is 4.42. The minimum absolute atomic E-state index is 0.0973. The van der Waals surface area contributed by atoms with E-state index < -0.39 is 10.0 Å². The molecule has 5 nitrogen and oxygen atoms in total. The summed E-state index contributed by atoms with van der Waals surface area (Å²) in [6.45, 7) is 0.592. The number of sulfonamides is 1. The third-order valence-electron chi connectivity index (χ3n) is 4.87. The highest BCUT2D eigenvalue weighted by atomic mass is 35.5. The first-order valence-electron chi connectivity index (χ1n) is 10.3. The minimum Gasteiger partial charge on any atom is -0.351 e. The van der Waals surface area contributed by atoms with Crippen molar-refractivity contribution in [3.05, 3.63) is 98.5 Å². The highest BCUT2D eigenvalue weighted by Crippen LogP contribution is 2.26. The summed E-state index contributed by atoms with van der Waals surface area (Å²) in [6, 6.07) is 19.1. The van der Waals surface area contributed by atoms with Gasteiger partial charge in [-0.05, 0) is 53.6 Å². The van der Waals surface area contributed by atoms with Gasteiger partial charge in [0.05, 0.1) is 28.5 Å². The molecular formula is C24H23Cl3N2O3S2. The molecule has 0 saturated heterocycles. The van der Waals surface area contributed by atoms with Crippen molar-refractivity contribution in [1.82, 2.24) is 5.32 Å². The highest BCUT2D eigenvalue weighted by molar-refractivity contribution is 7.98. The molecule has 10 heteroatoms. The maximum atomic E-state index is 12.5. The van der Waals surface area contributed by atoms with Crippen LogP contribution < -0.4 is 9.62 Å². The molecule has 0 unspecified atom stereocenters. The van der Waals surface area contributed by atoms with Gasteiger partial charge in [-0.1, -0.05) is 59.1 Å². The molecule has 1 N–H and O–H groups in total. The molecule has 0 bridgehead atoms. The molecule has 0 aliphatic carbocycles. The van der Waals surface area contributed by atoms with Crippen molar-refractivity contribution in [2.45, 2.75) is 12.3 Å². The zero-order valence-corrected chi connectivity index (χ0v) is 22.2. The van der Waals surface area contributed by atoms with Gasteiger partial charge in [0, 0.05) is 28.6 Å². The fourth-order valence-electron chi connectivity index (χ4n) is 3.12. The van der Waals surface area contributed by atoms with Gasteiger partial charge in [-0.2, -0.15) is 11.8 Å². The van der Waals surface area contributed by atoms with Crippen LogP contribution in [0, 0.1) is 0 Å². The number of thioether (sulfide) groups is 1. The van der Waals surface area contributed by atoms with E-state index in [0.717, 1.165) is 23.3 Å². The molecule has 0 aromatic heterocycles. The summed E-state index contributed by atoms with van der Waals surface area (Å²) < 4.78 is 26.0. The molecule has 0 saturated carbocycles. The van der Waals surface area contributed by atoms with Gasteiger partial charge in [-0.25, -0.2) is 8.42 Å². The molecule has 0 heterocycles. The average molecular weight is 558 g/mol. The molecule has 0 aliphatic rings. The van der Waals surface area contributed by atoms with E-state index >= 15 is 0 Å². The molecular weight excluding hydrogens is 535 g/mol. The van der Waals surface area contributed by atoms with Crippen LogP contribution in [0.15, 0.2) is 66.7 Å². The Bertz CT molecular complexity index is 1250. The summed E-state index contributed by atoms with van der Waals surface area (Å²) in [6.07, 6.45) is 1.14. The van der Waals surface area contributed by atoms with Crippen LogP contribution in [0.25, 0.3) is 0 Å². The van der Waals surface area contributed by atoms with Crippen LogP contribution in [0.4, 0.5) is 5.69 Å². The Morgan fingerprint density at radius 1 is 0.941 bits per heavy atom.